The summed E-state index contributed by atoms with van der Waals surface area (Å²) < 4.78 is 14.6. The molecule has 2 fully saturated rings. The third kappa shape index (κ3) is 4.58. The molecule has 2 atom stereocenters. The Bertz CT molecular complexity index is 1160. The second-order valence-electron chi connectivity index (χ2n) is 11.1. The first-order valence-electron chi connectivity index (χ1n) is 12.8. The number of carbonyl (C=O) groups is 1. The van der Waals surface area contributed by atoms with E-state index >= 15 is 0 Å². The quantitative estimate of drug-likeness (QED) is 0.709. The highest BCUT2D eigenvalue weighted by molar-refractivity contribution is 5.76. The summed E-state index contributed by atoms with van der Waals surface area (Å²) in [4.78, 5) is 27.0. The van der Waals surface area contributed by atoms with Gasteiger partial charge in [0.25, 0.3) is 5.56 Å². The van der Waals surface area contributed by atoms with Gasteiger partial charge in [-0.3, -0.25) is 9.59 Å². The summed E-state index contributed by atoms with van der Waals surface area (Å²) in [5.41, 5.74) is 1.41. The minimum absolute atomic E-state index is 0.0209. The van der Waals surface area contributed by atoms with Gasteiger partial charge in [-0.2, -0.15) is 0 Å². The third-order valence-electron chi connectivity index (χ3n) is 8.35. The van der Waals surface area contributed by atoms with E-state index in [1.54, 1.807) is 17.6 Å². The molecule has 0 radical (unpaired) electrons. The van der Waals surface area contributed by atoms with Crippen LogP contribution in [0.25, 0.3) is 0 Å². The molecule has 1 amide bonds. The summed E-state index contributed by atoms with van der Waals surface area (Å²) in [6.45, 7) is 8.82. The van der Waals surface area contributed by atoms with Gasteiger partial charge in [-0.1, -0.05) is 18.2 Å². The number of nitrogens with zero attached hydrogens (tertiary/aromatic N) is 2. The van der Waals surface area contributed by atoms with Crippen molar-refractivity contribution in [2.24, 2.45) is 11.3 Å². The van der Waals surface area contributed by atoms with E-state index in [2.05, 4.69) is 26.0 Å². The Kier molecular flexibility index (Phi) is 6.16. The summed E-state index contributed by atoms with van der Waals surface area (Å²) in [5, 5.41) is 9.55. The topological polar surface area (TPSA) is 81.0 Å². The maximum Gasteiger partial charge on any atom is 0.254 e. The third-order valence-corrected chi connectivity index (χ3v) is 8.35. The van der Waals surface area contributed by atoms with Crippen molar-refractivity contribution in [2.45, 2.75) is 71.1 Å². The average Bonchev–Trinajstić information content (AvgIpc) is 2.81. The van der Waals surface area contributed by atoms with Gasteiger partial charge in [-0.05, 0) is 64.0 Å². The number of ether oxygens (including phenoxy) is 2. The molecule has 188 valence electrons. The van der Waals surface area contributed by atoms with Crippen molar-refractivity contribution in [3.05, 3.63) is 58.0 Å². The zero-order valence-electron chi connectivity index (χ0n) is 21.0. The molecule has 1 aromatic carbocycles. The van der Waals surface area contributed by atoms with Crippen molar-refractivity contribution in [3.63, 3.8) is 0 Å². The minimum atomic E-state index is -0.302. The fraction of sp³-hybridized carbons (Fsp3) is 0.571. The number of hydrogen-bond acceptors (Lipinski definition) is 5. The van der Waals surface area contributed by atoms with Crippen LogP contribution in [0.4, 0.5) is 0 Å². The number of amides is 1. The van der Waals surface area contributed by atoms with Crippen LogP contribution >= 0.6 is 0 Å². The fourth-order valence-corrected chi connectivity index (χ4v) is 6.22. The van der Waals surface area contributed by atoms with Crippen molar-refractivity contribution < 1.29 is 19.4 Å². The van der Waals surface area contributed by atoms with Crippen LogP contribution in [-0.4, -0.2) is 45.8 Å². The van der Waals surface area contributed by atoms with Gasteiger partial charge in [-0.15, -0.1) is 0 Å². The predicted molar refractivity (Wildman–Crippen MR) is 133 cm³/mol. The smallest absolute Gasteiger partial charge is 0.254 e. The van der Waals surface area contributed by atoms with E-state index in [1.807, 2.05) is 17.0 Å². The highest BCUT2D eigenvalue weighted by Gasteiger charge is 2.52. The number of carbonyl (C=O) groups excluding carboxylic acids is 1. The predicted octanol–water partition coefficient (Wildman–Crippen LogP) is 4.20. The molecule has 1 spiro atoms. The molecule has 7 heteroatoms. The molecule has 3 aliphatic rings. The van der Waals surface area contributed by atoms with E-state index in [4.69, 9.17) is 9.47 Å². The lowest BCUT2D eigenvalue weighted by molar-refractivity contribution is -0.176. The van der Waals surface area contributed by atoms with Gasteiger partial charge < -0.3 is 24.0 Å². The standard InChI is InChI=1S/C28H36N2O5/c1-19-15-20(31)16-25(33)30(19)12-6-9-24(32)29-13-10-28(11-14-29)17-22-26(34-18-28)21-7-4-5-8-23(21)35-27(22,2)3/h4-5,7-8,15-16,22,26,31H,6,9-14,17-18H2,1-3H3/t22-,26+/m0/s1. The lowest BCUT2D eigenvalue weighted by Crippen LogP contribution is -2.54. The van der Waals surface area contributed by atoms with Crippen molar-refractivity contribution in [1.29, 1.82) is 0 Å². The normalized spacial score (nSPS) is 24.4. The molecule has 7 nitrogen and oxygen atoms in total. The van der Waals surface area contributed by atoms with Crippen molar-refractivity contribution >= 4 is 5.91 Å². The summed E-state index contributed by atoms with van der Waals surface area (Å²) in [5.74, 6) is 1.34. The number of hydrogen-bond donors (Lipinski definition) is 1. The maximum absolute atomic E-state index is 12.9. The molecule has 4 heterocycles. The Hall–Kier alpha value is -2.80. The van der Waals surface area contributed by atoms with Crippen molar-refractivity contribution in [3.8, 4) is 11.5 Å². The van der Waals surface area contributed by atoms with E-state index in [0.717, 1.165) is 50.3 Å². The minimum Gasteiger partial charge on any atom is -0.508 e. The van der Waals surface area contributed by atoms with Crippen LogP contribution < -0.4 is 10.3 Å². The lowest BCUT2D eigenvalue weighted by atomic mass is 9.64. The number of pyridine rings is 1. The monoisotopic (exact) mass is 480 g/mol. The highest BCUT2D eigenvalue weighted by atomic mass is 16.5. The molecule has 35 heavy (non-hydrogen) atoms. The number of likely N-dealkylation sites (tertiary alicyclic amines) is 1. The van der Waals surface area contributed by atoms with Crippen LogP contribution in [0.1, 0.15) is 63.3 Å². The molecule has 0 aliphatic carbocycles. The van der Waals surface area contributed by atoms with Crippen molar-refractivity contribution in [1.82, 2.24) is 9.47 Å². The summed E-state index contributed by atoms with van der Waals surface area (Å²) in [6.07, 6.45) is 4.01. The number of rotatable bonds is 4. The van der Waals surface area contributed by atoms with E-state index in [9.17, 15) is 14.7 Å². The molecule has 0 unspecified atom stereocenters. The fourth-order valence-electron chi connectivity index (χ4n) is 6.22. The van der Waals surface area contributed by atoms with Crippen LogP contribution in [0, 0.1) is 18.3 Å². The first kappa shape index (κ1) is 23.9. The summed E-state index contributed by atoms with van der Waals surface area (Å²) >= 11 is 0. The number of para-hydroxylation sites is 1. The second-order valence-corrected chi connectivity index (χ2v) is 11.1. The van der Waals surface area contributed by atoms with E-state index < -0.39 is 0 Å². The first-order valence-corrected chi connectivity index (χ1v) is 12.8. The molecular formula is C28H36N2O5. The Morgan fingerprint density at radius 2 is 1.91 bits per heavy atom. The number of fused-ring (bicyclic) bond motifs is 3. The van der Waals surface area contributed by atoms with Crippen LogP contribution in [-0.2, 0) is 16.1 Å². The van der Waals surface area contributed by atoms with Gasteiger partial charge in [0.1, 0.15) is 17.1 Å². The maximum atomic E-state index is 12.9. The van der Waals surface area contributed by atoms with E-state index in [0.29, 0.717) is 25.1 Å². The van der Waals surface area contributed by atoms with Crippen LogP contribution in [0.2, 0.25) is 0 Å². The number of aromatic hydroxyl groups is 1. The number of piperidine rings is 1. The Morgan fingerprint density at radius 3 is 2.66 bits per heavy atom. The van der Waals surface area contributed by atoms with Gasteiger partial charge in [0.15, 0.2) is 0 Å². The summed E-state index contributed by atoms with van der Waals surface area (Å²) in [6, 6.07) is 11.0. The molecule has 0 saturated carbocycles. The molecule has 3 aliphatic heterocycles. The Morgan fingerprint density at radius 1 is 1.17 bits per heavy atom. The molecule has 1 aromatic heterocycles. The molecule has 0 bridgehead atoms. The second kappa shape index (κ2) is 9.01. The largest absolute Gasteiger partial charge is 0.508 e. The Labute approximate surface area is 206 Å². The number of aromatic nitrogens is 1. The van der Waals surface area contributed by atoms with Crippen LogP contribution in [0.5, 0.6) is 11.5 Å². The van der Waals surface area contributed by atoms with Gasteiger partial charge in [0.05, 0.1) is 12.7 Å². The number of benzene rings is 1. The van der Waals surface area contributed by atoms with E-state index in [1.165, 1.54) is 6.07 Å². The first-order chi connectivity index (χ1) is 16.7. The van der Waals surface area contributed by atoms with Gasteiger partial charge in [0.2, 0.25) is 5.91 Å². The van der Waals surface area contributed by atoms with E-state index in [-0.39, 0.29) is 40.3 Å². The average molecular weight is 481 g/mol. The highest BCUT2D eigenvalue weighted by Crippen LogP contribution is 2.55. The van der Waals surface area contributed by atoms with Gasteiger partial charge in [0, 0.05) is 49.3 Å². The number of aryl methyl sites for hydroxylation is 1. The zero-order chi connectivity index (χ0) is 24.8. The zero-order valence-corrected chi connectivity index (χ0v) is 21.0. The van der Waals surface area contributed by atoms with Crippen LogP contribution in [0.3, 0.4) is 0 Å². The molecule has 5 rings (SSSR count). The molecular weight excluding hydrogens is 444 g/mol. The van der Waals surface area contributed by atoms with Crippen LogP contribution in [0.15, 0.2) is 41.2 Å². The lowest BCUT2D eigenvalue weighted by Gasteiger charge is -2.54. The van der Waals surface area contributed by atoms with Crippen molar-refractivity contribution in [2.75, 3.05) is 19.7 Å². The summed E-state index contributed by atoms with van der Waals surface area (Å²) in [7, 11) is 0. The molecule has 1 N–H and O–H groups in total. The molecule has 2 aromatic rings. The Balaban J connectivity index is 1.17. The molecule has 2 saturated heterocycles. The SMILES string of the molecule is Cc1cc(O)cc(=O)n1CCCC(=O)N1CCC2(CC1)CO[C@@H]1c3ccccc3OC(C)(C)[C@H]1C2. The van der Waals surface area contributed by atoms with Gasteiger partial charge >= 0.3 is 0 Å². The van der Waals surface area contributed by atoms with Gasteiger partial charge in [-0.25, -0.2) is 0 Å².